The van der Waals surface area contributed by atoms with E-state index in [1.54, 1.807) is 0 Å². The lowest BCUT2D eigenvalue weighted by molar-refractivity contribution is 0.0459. The zero-order valence-electron chi connectivity index (χ0n) is 9.48. The fourth-order valence-corrected chi connectivity index (χ4v) is 2.15. The van der Waals surface area contributed by atoms with E-state index in [4.69, 9.17) is 5.11 Å². The third kappa shape index (κ3) is 2.21. The summed E-state index contributed by atoms with van der Waals surface area (Å²) in [6.07, 6.45) is 0. The van der Waals surface area contributed by atoms with Gasteiger partial charge in [0, 0.05) is 38.7 Å². The van der Waals surface area contributed by atoms with Gasteiger partial charge in [0.25, 0.3) is 0 Å². The zero-order chi connectivity index (χ0) is 10.8. The molecule has 1 aromatic rings. The predicted octanol–water partition coefficient (Wildman–Crippen LogP) is 0.636. The molecule has 1 aliphatic heterocycles. The van der Waals surface area contributed by atoms with Crippen LogP contribution in [0.25, 0.3) is 0 Å². The average molecular weight is 209 g/mol. The summed E-state index contributed by atoms with van der Waals surface area (Å²) in [4.78, 5) is 2.35. The lowest BCUT2D eigenvalue weighted by atomic mass is 10.0. The highest BCUT2D eigenvalue weighted by molar-refractivity contribution is 5.09. The van der Waals surface area contributed by atoms with Gasteiger partial charge >= 0.3 is 0 Å². The van der Waals surface area contributed by atoms with Crippen molar-refractivity contribution in [1.82, 2.24) is 14.7 Å². The molecule has 2 rings (SSSR count). The van der Waals surface area contributed by atoms with Crippen molar-refractivity contribution >= 4 is 0 Å². The van der Waals surface area contributed by atoms with Crippen molar-refractivity contribution in [2.24, 2.45) is 5.92 Å². The molecule has 1 fully saturated rings. The summed E-state index contributed by atoms with van der Waals surface area (Å²) in [6, 6.07) is 2.15. The number of rotatable bonds is 4. The minimum Gasteiger partial charge on any atom is -0.396 e. The van der Waals surface area contributed by atoms with Gasteiger partial charge in [0.15, 0.2) is 0 Å². The second-order valence-electron chi connectivity index (χ2n) is 4.34. The highest BCUT2D eigenvalue weighted by atomic mass is 16.3. The Hall–Kier alpha value is -0.870. The summed E-state index contributed by atoms with van der Waals surface area (Å²) in [6.45, 7) is 8.40. The van der Waals surface area contributed by atoms with Crippen molar-refractivity contribution in [2.75, 3.05) is 19.7 Å². The fourth-order valence-electron chi connectivity index (χ4n) is 2.15. The van der Waals surface area contributed by atoms with Gasteiger partial charge in [-0.25, -0.2) is 0 Å². The van der Waals surface area contributed by atoms with Crippen LogP contribution in [0.2, 0.25) is 0 Å². The van der Waals surface area contributed by atoms with E-state index in [0.717, 1.165) is 31.9 Å². The maximum Gasteiger partial charge on any atom is 0.0597 e. The first kappa shape index (κ1) is 10.6. The first-order chi connectivity index (χ1) is 7.22. The molecule has 4 heteroatoms. The molecule has 0 atom stereocenters. The van der Waals surface area contributed by atoms with Crippen LogP contribution in [-0.4, -0.2) is 39.5 Å². The quantitative estimate of drug-likeness (QED) is 0.791. The van der Waals surface area contributed by atoms with Crippen LogP contribution in [0.1, 0.15) is 18.3 Å². The molecule has 1 N–H and O–H groups in total. The number of nitrogens with zero attached hydrogens (tertiary/aromatic N) is 3. The molecule has 84 valence electrons. The van der Waals surface area contributed by atoms with Crippen LogP contribution < -0.4 is 0 Å². The van der Waals surface area contributed by atoms with E-state index in [-0.39, 0.29) is 0 Å². The first-order valence-corrected chi connectivity index (χ1v) is 5.59. The second-order valence-corrected chi connectivity index (χ2v) is 4.34. The molecule has 15 heavy (non-hydrogen) atoms. The van der Waals surface area contributed by atoms with E-state index in [0.29, 0.717) is 12.5 Å². The number of hydrogen-bond donors (Lipinski definition) is 1. The van der Waals surface area contributed by atoms with Crippen molar-refractivity contribution in [3.05, 3.63) is 17.5 Å². The van der Waals surface area contributed by atoms with E-state index in [1.165, 1.54) is 5.69 Å². The monoisotopic (exact) mass is 209 g/mol. The molecule has 4 nitrogen and oxygen atoms in total. The van der Waals surface area contributed by atoms with Gasteiger partial charge in [0.2, 0.25) is 0 Å². The maximum atomic E-state index is 8.93. The van der Waals surface area contributed by atoms with Gasteiger partial charge in [-0.15, -0.1) is 0 Å². The second kappa shape index (κ2) is 4.33. The SMILES string of the molecule is CCn1nc(C)cc1CN1CC(CO)C1. The van der Waals surface area contributed by atoms with Gasteiger partial charge in [-0.1, -0.05) is 0 Å². The molecule has 0 aromatic carbocycles. The summed E-state index contributed by atoms with van der Waals surface area (Å²) in [5.74, 6) is 0.490. The van der Waals surface area contributed by atoms with E-state index < -0.39 is 0 Å². The van der Waals surface area contributed by atoms with Crippen LogP contribution in [0.15, 0.2) is 6.07 Å². The number of aliphatic hydroxyl groups excluding tert-OH is 1. The Morgan fingerprint density at radius 2 is 2.27 bits per heavy atom. The standard InChI is InChI=1S/C11H19N3O/c1-3-14-11(4-9(2)12-14)7-13-5-10(6-13)8-15/h4,10,15H,3,5-8H2,1-2H3. The number of aliphatic hydroxyl groups is 1. The van der Waals surface area contributed by atoms with Crippen molar-refractivity contribution in [2.45, 2.75) is 26.9 Å². The van der Waals surface area contributed by atoms with Crippen LogP contribution in [-0.2, 0) is 13.1 Å². The largest absolute Gasteiger partial charge is 0.396 e. The van der Waals surface area contributed by atoms with Crippen LogP contribution in [0.4, 0.5) is 0 Å². The average Bonchev–Trinajstić information content (AvgIpc) is 2.51. The number of hydrogen-bond acceptors (Lipinski definition) is 3. The number of likely N-dealkylation sites (tertiary alicyclic amines) is 1. The van der Waals surface area contributed by atoms with Gasteiger partial charge in [-0.05, 0) is 19.9 Å². The van der Waals surface area contributed by atoms with Crippen molar-refractivity contribution in [1.29, 1.82) is 0 Å². The molecule has 0 amide bonds. The molecular weight excluding hydrogens is 190 g/mol. The molecule has 2 heterocycles. The Morgan fingerprint density at radius 1 is 1.53 bits per heavy atom. The van der Waals surface area contributed by atoms with Gasteiger partial charge in [0.05, 0.1) is 11.4 Å². The van der Waals surface area contributed by atoms with Crippen molar-refractivity contribution in [3.8, 4) is 0 Å². The molecule has 1 saturated heterocycles. The van der Waals surface area contributed by atoms with Crippen LogP contribution in [0, 0.1) is 12.8 Å². The minimum absolute atomic E-state index is 0.322. The summed E-state index contributed by atoms with van der Waals surface area (Å²) >= 11 is 0. The lowest BCUT2D eigenvalue weighted by Crippen LogP contribution is -2.47. The molecular formula is C11H19N3O. The minimum atomic E-state index is 0.322. The summed E-state index contributed by atoms with van der Waals surface area (Å²) in [5, 5.41) is 13.4. The third-order valence-corrected chi connectivity index (χ3v) is 2.96. The van der Waals surface area contributed by atoms with E-state index >= 15 is 0 Å². The molecule has 1 aromatic heterocycles. The van der Waals surface area contributed by atoms with Crippen LogP contribution >= 0.6 is 0 Å². The lowest BCUT2D eigenvalue weighted by Gasteiger charge is -2.38. The molecule has 0 bridgehead atoms. The predicted molar refractivity (Wildman–Crippen MR) is 58.5 cm³/mol. The number of aryl methyl sites for hydroxylation is 2. The molecule has 0 radical (unpaired) electrons. The Balaban J connectivity index is 1.93. The summed E-state index contributed by atoms with van der Waals surface area (Å²) < 4.78 is 2.06. The smallest absolute Gasteiger partial charge is 0.0597 e. The van der Waals surface area contributed by atoms with Crippen molar-refractivity contribution < 1.29 is 5.11 Å². The highest BCUT2D eigenvalue weighted by Crippen LogP contribution is 2.18. The van der Waals surface area contributed by atoms with Crippen molar-refractivity contribution in [3.63, 3.8) is 0 Å². The summed E-state index contributed by atoms with van der Waals surface area (Å²) in [7, 11) is 0. The van der Waals surface area contributed by atoms with Crippen LogP contribution in [0.3, 0.4) is 0 Å². The van der Waals surface area contributed by atoms with Gasteiger partial charge in [-0.3, -0.25) is 9.58 Å². The van der Waals surface area contributed by atoms with Gasteiger partial charge < -0.3 is 5.11 Å². The Bertz CT molecular complexity index is 329. The van der Waals surface area contributed by atoms with E-state index in [2.05, 4.69) is 27.7 Å². The Labute approximate surface area is 90.5 Å². The van der Waals surface area contributed by atoms with E-state index in [1.807, 2.05) is 6.92 Å². The first-order valence-electron chi connectivity index (χ1n) is 5.59. The molecule has 0 saturated carbocycles. The third-order valence-electron chi connectivity index (χ3n) is 2.96. The molecule has 1 aliphatic rings. The van der Waals surface area contributed by atoms with Gasteiger partial charge in [0.1, 0.15) is 0 Å². The zero-order valence-corrected chi connectivity index (χ0v) is 9.48. The molecule has 0 spiro atoms. The Kier molecular flexibility index (Phi) is 3.07. The highest BCUT2D eigenvalue weighted by Gasteiger charge is 2.26. The van der Waals surface area contributed by atoms with Gasteiger partial charge in [-0.2, -0.15) is 5.10 Å². The number of aromatic nitrogens is 2. The molecule has 0 aliphatic carbocycles. The Morgan fingerprint density at radius 3 is 2.87 bits per heavy atom. The topological polar surface area (TPSA) is 41.3 Å². The van der Waals surface area contributed by atoms with E-state index in [9.17, 15) is 0 Å². The maximum absolute atomic E-state index is 8.93. The van der Waals surface area contributed by atoms with Crippen LogP contribution in [0.5, 0.6) is 0 Å². The fraction of sp³-hybridized carbons (Fsp3) is 0.727. The molecule has 0 unspecified atom stereocenters. The summed E-state index contributed by atoms with van der Waals surface area (Å²) in [5.41, 5.74) is 2.37. The normalized spacial score (nSPS) is 18.1.